The third kappa shape index (κ3) is 4.08. The number of furan rings is 1. The van der Waals surface area contributed by atoms with Crippen LogP contribution in [0.5, 0.6) is 0 Å². The summed E-state index contributed by atoms with van der Waals surface area (Å²) in [5.41, 5.74) is 15.7. The Labute approximate surface area is 336 Å². The van der Waals surface area contributed by atoms with Crippen molar-refractivity contribution in [1.29, 1.82) is 0 Å². The predicted molar refractivity (Wildman–Crippen MR) is 243 cm³/mol. The fourth-order valence-electron chi connectivity index (χ4n) is 10.1. The Morgan fingerprint density at radius 3 is 1.98 bits per heavy atom. The lowest BCUT2D eigenvalue weighted by molar-refractivity contribution is 0.669. The molecule has 0 amide bonds. The van der Waals surface area contributed by atoms with Gasteiger partial charge in [0.15, 0.2) is 5.82 Å². The van der Waals surface area contributed by atoms with Crippen molar-refractivity contribution in [2.75, 3.05) is 0 Å². The maximum atomic E-state index is 6.47. The predicted octanol–water partition coefficient (Wildman–Crippen LogP) is 14.2. The molecule has 0 saturated heterocycles. The molecule has 0 atom stereocenters. The topological polar surface area (TPSA) is 48.8 Å². The van der Waals surface area contributed by atoms with E-state index in [2.05, 4.69) is 179 Å². The molecule has 0 aliphatic carbocycles. The average molecular weight is 751 g/mol. The van der Waals surface area contributed by atoms with Crippen LogP contribution in [0.4, 0.5) is 0 Å². The lowest BCUT2D eigenvalue weighted by Crippen LogP contribution is -2.04. The fourth-order valence-corrected chi connectivity index (χ4v) is 10.1. The highest BCUT2D eigenvalue weighted by Crippen LogP contribution is 2.52. The monoisotopic (exact) mass is 750 g/mol. The third-order valence-electron chi connectivity index (χ3n) is 12.6. The van der Waals surface area contributed by atoms with Crippen LogP contribution in [-0.2, 0) is 0 Å². The number of hydrogen-bond donors (Lipinski definition) is 0. The Bertz CT molecular complexity index is 3980. The largest absolute Gasteiger partial charge is 0.456 e. The van der Waals surface area contributed by atoms with Crippen LogP contribution in [0.3, 0.4) is 0 Å². The Morgan fingerprint density at radius 2 is 1.10 bits per heavy atom. The van der Waals surface area contributed by atoms with E-state index in [-0.39, 0.29) is 0 Å². The van der Waals surface area contributed by atoms with Crippen LogP contribution >= 0.6 is 0 Å². The van der Waals surface area contributed by atoms with Crippen LogP contribution in [0, 0.1) is 0 Å². The highest BCUT2D eigenvalue weighted by Gasteiger charge is 2.30. The average Bonchev–Trinajstić information content (AvgIpc) is 3.92. The summed E-state index contributed by atoms with van der Waals surface area (Å²) < 4.78 is 11.3. The first-order valence-corrected chi connectivity index (χ1v) is 20.1. The van der Waals surface area contributed by atoms with Gasteiger partial charge in [-0.05, 0) is 65.0 Å². The molecule has 272 valence electrons. The second-order valence-corrected chi connectivity index (χ2v) is 15.7. The minimum atomic E-state index is 0.774. The number of hydrogen-bond acceptors (Lipinski definition) is 3. The Hall–Kier alpha value is -8.02. The molecule has 9 aromatic carbocycles. The molecule has 1 aliphatic heterocycles. The second kappa shape index (κ2) is 11.3. The molecule has 5 heteroatoms. The van der Waals surface area contributed by atoms with E-state index in [1.54, 1.807) is 0 Å². The van der Waals surface area contributed by atoms with Crippen molar-refractivity contribution in [2.45, 2.75) is 0 Å². The molecular formula is C54H30N4O. The van der Waals surface area contributed by atoms with Crippen LogP contribution < -0.4 is 0 Å². The molecule has 0 fully saturated rings. The summed E-state index contributed by atoms with van der Waals surface area (Å²) in [5, 5.41) is 9.14. The van der Waals surface area contributed by atoms with Gasteiger partial charge in [-0.2, -0.15) is 0 Å². The number of rotatable bonds is 2. The molecule has 14 rings (SSSR count). The van der Waals surface area contributed by atoms with Gasteiger partial charge in [0.05, 0.1) is 38.8 Å². The summed E-state index contributed by atoms with van der Waals surface area (Å²) in [4.78, 5) is 11.3. The van der Waals surface area contributed by atoms with Crippen molar-refractivity contribution >= 4 is 87.4 Å². The molecule has 0 saturated carbocycles. The third-order valence-corrected chi connectivity index (χ3v) is 12.6. The fraction of sp³-hybridized carbons (Fsp3) is 0. The van der Waals surface area contributed by atoms with Crippen LogP contribution in [-0.4, -0.2) is 19.1 Å². The Balaban J connectivity index is 1.19. The van der Waals surface area contributed by atoms with Crippen molar-refractivity contribution in [3.05, 3.63) is 182 Å². The van der Waals surface area contributed by atoms with Crippen molar-refractivity contribution in [1.82, 2.24) is 19.1 Å². The van der Waals surface area contributed by atoms with E-state index in [1.165, 1.54) is 55.1 Å². The van der Waals surface area contributed by atoms with Crippen molar-refractivity contribution in [3.8, 4) is 45.0 Å². The van der Waals surface area contributed by atoms with E-state index >= 15 is 0 Å². The smallest absolute Gasteiger partial charge is 0.165 e. The zero-order valence-electron chi connectivity index (χ0n) is 31.5. The summed E-state index contributed by atoms with van der Waals surface area (Å²) in [6.07, 6.45) is 0. The maximum absolute atomic E-state index is 6.47. The summed E-state index contributed by atoms with van der Waals surface area (Å²) >= 11 is 0. The van der Waals surface area contributed by atoms with Gasteiger partial charge in [0.25, 0.3) is 0 Å². The van der Waals surface area contributed by atoms with Crippen molar-refractivity contribution in [3.63, 3.8) is 0 Å². The molecule has 4 aromatic heterocycles. The van der Waals surface area contributed by atoms with Gasteiger partial charge in [0.1, 0.15) is 16.9 Å². The van der Waals surface area contributed by atoms with Gasteiger partial charge in [0.2, 0.25) is 0 Å². The van der Waals surface area contributed by atoms with Crippen molar-refractivity contribution in [2.24, 2.45) is 0 Å². The van der Waals surface area contributed by atoms with Crippen LogP contribution in [0.25, 0.3) is 132 Å². The second-order valence-electron chi connectivity index (χ2n) is 15.7. The normalized spacial score (nSPS) is 12.4. The lowest BCUT2D eigenvalue weighted by Gasteiger charge is -2.15. The van der Waals surface area contributed by atoms with E-state index in [4.69, 9.17) is 14.4 Å². The van der Waals surface area contributed by atoms with E-state index < -0.39 is 0 Å². The lowest BCUT2D eigenvalue weighted by atomic mass is 9.91. The first-order chi connectivity index (χ1) is 29.3. The van der Waals surface area contributed by atoms with Crippen molar-refractivity contribution < 1.29 is 4.42 Å². The molecule has 0 N–H and O–H groups in total. The maximum Gasteiger partial charge on any atom is 0.165 e. The number of aromatic nitrogens is 4. The van der Waals surface area contributed by atoms with E-state index in [0.717, 1.165) is 77.2 Å². The van der Waals surface area contributed by atoms with Gasteiger partial charge in [0, 0.05) is 54.4 Å². The molecule has 5 heterocycles. The summed E-state index contributed by atoms with van der Waals surface area (Å²) in [5.74, 6) is 0.774. The quantitative estimate of drug-likeness (QED) is 0.165. The van der Waals surface area contributed by atoms with Gasteiger partial charge in [-0.3, -0.25) is 4.57 Å². The molecule has 0 unspecified atom stereocenters. The summed E-state index contributed by atoms with van der Waals surface area (Å²) in [6.45, 7) is 0. The van der Waals surface area contributed by atoms with Gasteiger partial charge in [-0.1, -0.05) is 133 Å². The number of fused-ring (bicyclic) bond motifs is 18. The highest BCUT2D eigenvalue weighted by molar-refractivity contribution is 6.28. The number of para-hydroxylation sites is 4. The van der Waals surface area contributed by atoms with Gasteiger partial charge >= 0.3 is 0 Å². The molecule has 59 heavy (non-hydrogen) atoms. The Kier molecular flexibility index (Phi) is 5.96. The SMILES string of the molecule is c1ccc2c(c1)-c1ccccc1-n1c3ccccc3c3cc4c(c-2c31)c1ccccc1n4-c1nc2c(ccc3ccccc32)nc1-c1ccc2c(c1)oc1ccccc12. The van der Waals surface area contributed by atoms with Crippen LogP contribution in [0.15, 0.2) is 186 Å². The van der Waals surface area contributed by atoms with E-state index in [0.29, 0.717) is 0 Å². The zero-order valence-corrected chi connectivity index (χ0v) is 31.5. The highest BCUT2D eigenvalue weighted by atomic mass is 16.3. The number of benzene rings is 9. The molecule has 5 nitrogen and oxygen atoms in total. The first-order valence-electron chi connectivity index (χ1n) is 20.1. The summed E-state index contributed by atoms with van der Waals surface area (Å²) in [6, 6.07) is 65.2. The first kappa shape index (κ1) is 31.1. The Morgan fingerprint density at radius 1 is 0.424 bits per heavy atom. The zero-order chi connectivity index (χ0) is 38.3. The van der Waals surface area contributed by atoms with Gasteiger partial charge in [-0.25, -0.2) is 9.97 Å². The van der Waals surface area contributed by atoms with Gasteiger partial charge in [-0.15, -0.1) is 0 Å². The molecule has 0 spiro atoms. The molecule has 1 aliphatic rings. The summed E-state index contributed by atoms with van der Waals surface area (Å²) in [7, 11) is 0. The number of nitrogens with zero attached hydrogens (tertiary/aromatic N) is 4. The minimum absolute atomic E-state index is 0.774. The van der Waals surface area contributed by atoms with Crippen LogP contribution in [0.1, 0.15) is 0 Å². The standard InChI is InChI=1S/C54H30N4O/c1-2-14-33-31(13-1)26-28-42-52(33)56-54(51(55-42)32-25-27-38-37-18-8-12-24-47(37)59-48(38)29-32)58-45-23-11-7-20-40(45)49-46(58)30-41-36-17-6-10-22-44(36)57-43-21-9-5-16-35(43)34-15-3-4-19-39(34)50(49)53(41)57/h1-30H. The van der Waals surface area contributed by atoms with Gasteiger partial charge < -0.3 is 8.98 Å². The van der Waals surface area contributed by atoms with E-state index in [1.807, 2.05) is 12.1 Å². The minimum Gasteiger partial charge on any atom is -0.456 e. The molecule has 0 bridgehead atoms. The molecule has 13 aromatic rings. The molecular weight excluding hydrogens is 721 g/mol. The molecule has 0 radical (unpaired) electrons. The van der Waals surface area contributed by atoms with Crippen LogP contribution in [0.2, 0.25) is 0 Å². The van der Waals surface area contributed by atoms with E-state index in [9.17, 15) is 0 Å².